The first-order chi connectivity index (χ1) is 10.3. The van der Waals surface area contributed by atoms with Gasteiger partial charge in [0, 0.05) is 37.1 Å². The quantitative estimate of drug-likeness (QED) is 0.814. The first kappa shape index (κ1) is 16.8. The molecular formula is C18H21NO2. The number of aliphatic hydroxyl groups excluding tert-OH is 1. The minimum Gasteiger partial charge on any atom is -0.400 e. The van der Waals surface area contributed by atoms with Gasteiger partial charge in [0.15, 0.2) is 5.78 Å². The summed E-state index contributed by atoms with van der Waals surface area (Å²) in [6, 6.07) is 11.6. The summed E-state index contributed by atoms with van der Waals surface area (Å²) in [6.45, 7) is 4.00. The van der Waals surface area contributed by atoms with Crippen molar-refractivity contribution in [3.63, 3.8) is 0 Å². The zero-order chi connectivity index (χ0) is 15.7. The lowest BCUT2D eigenvalue weighted by Crippen LogP contribution is -1.94. The Balaban J connectivity index is 0.000000510. The molecule has 0 bridgehead atoms. The topological polar surface area (TPSA) is 50.2 Å². The summed E-state index contributed by atoms with van der Waals surface area (Å²) in [5.41, 5.74) is 3.85. The van der Waals surface area contributed by atoms with E-state index in [1.54, 1.807) is 12.4 Å². The monoisotopic (exact) mass is 283 g/mol. The molecule has 3 nitrogen and oxygen atoms in total. The van der Waals surface area contributed by atoms with Crippen LogP contribution in [0.2, 0.25) is 0 Å². The smallest absolute Gasteiger partial charge is 0.189 e. The number of nitrogens with zero attached hydrogens (tertiary/aromatic N) is 1. The van der Waals surface area contributed by atoms with E-state index >= 15 is 0 Å². The van der Waals surface area contributed by atoms with Crippen molar-refractivity contribution in [2.24, 2.45) is 0 Å². The second-order valence-corrected chi connectivity index (χ2v) is 4.11. The molecular weight excluding hydrogens is 262 g/mol. The fourth-order valence-corrected chi connectivity index (χ4v) is 2.13. The van der Waals surface area contributed by atoms with Crippen molar-refractivity contribution in [2.75, 3.05) is 7.11 Å². The average molecular weight is 283 g/mol. The zero-order valence-corrected chi connectivity index (χ0v) is 12.7. The Morgan fingerprint density at radius 1 is 1.05 bits per heavy atom. The molecule has 21 heavy (non-hydrogen) atoms. The van der Waals surface area contributed by atoms with E-state index in [0.29, 0.717) is 0 Å². The molecule has 0 saturated heterocycles. The van der Waals surface area contributed by atoms with Gasteiger partial charge >= 0.3 is 0 Å². The van der Waals surface area contributed by atoms with Crippen molar-refractivity contribution in [1.29, 1.82) is 0 Å². The molecule has 3 rings (SSSR count). The van der Waals surface area contributed by atoms with Gasteiger partial charge in [-0.2, -0.15) is 0 Å². The molecule has 1 aliphatic rings. The molecule has 1 aromatic carbocycles. The standard InChI is InChI=1S/C15H11NO.C2H6.CH4O/c17-15-13(9-11-5-7-16-8-6-11)10-12-3-1-2-4-14(12)15;2*1-2/h1-9H,10H2;1-2H3;2H,1H3/b13-9+;;. The van der Waals surface area contributed by atoms with E-state index in [-0.39, 0.29) is 5.78 Å². The molecule has 2 aromatic rings. The van der Waals surface area contributed by atoms with E-state index < -0.39 is 0 Å². The lowest BCUT2D eigenvalue weighted by atomic mass is 10.1. The van der Waals surface area contributed by atoms with Gasteiger partial charge in [-0.25, -0.2) is 0 Å². The van der Waals surface area contributed by atoms with Gasteiger partial charge < -0.3 is 5.11 Å². The Kier molecular flexibility index (Phi) is 7.05. The molecule has 0 atom stereocenters. The molecule has 3 heteroatoms. The molecule has 0 saturated carbocycles. The Morgan fingerprint density at radius 2 is 1.67 bits per heavy atom. The minimum absolute atomic E-state index is 0.150. The maximum Gasteiger partial charge on any atom is 0.189 e. The van der Waals surface area contributed by atoms with E-state index in [9.17, 15) is 4.79 Å². The third-order valence-corrected chi connectivity index (χ3v) is 2.98. The van der Waals surface area contributed by atoms with Crippen molar-refractivity contribution in [2.45, 2.75) is 20.3 Å². The molecule has 1 aromatic heterocycles. The predicted octanol–water partition coefficient (Wildman–Crippen LogP) is 3.54. The number of carbonyl (C=O) groups is 1. The summed E-state index contributed by atoms with van der Waals surface area (Å²) >= 11 is 0. The van der Waals surface area contributed by atoms with Gasteiger partial charge in [0.05, 0.1) is 0 Å². The average Bonchev–Trinajstić information content (AvgIpc) is 2.89. The Bertz CT molecular complexity index is 604. The van der Waals surface area contributed by atoms with Gasteiger partial charge in [0.1, 0.15) is 0 Å². The first-order valence-electron chi connectivity index (χ1n) is 7.02. The number of aliphatic hydroxyl groups is 1. The number of hydrogen-bond donors (Lipinski definition) is 1. The highest BCUT2D eigenvalue weighted by molar-refractivity contribution is 6.15. The van der Waals surface area contributed by atoms with Crippen molar-refractivity contribution < 1.29 is 9.90 Å². The van der Waals surface area contributed by atoms with Gasteiger partial charge in [0.25, 0.3) is 0 Å². The summed E-state index contributed by atoms with van der Waals surface area (Å²) in [5.74, 6) is 0.150. The van der Waals surface area contributed by atoms with Crippen molar-refractivity contribution >= 4 is 11.9 Å². The van der Waals surface area contributed by atoms with Crippen molar-refractivity contribution in [1.82, 2.24) is 4.98 Å². The summed E-state index contributed by atoms with van der Waals surface area (Å²) in [4.78, 5) is 16.1. The fraction of sp³-hybridized carbons (Fsp3) is 0.222. The van der Waals surface area contributed by atoms with Crippen LogP contribution in [-0.4, -0.2) is 23.0 Å². The SMILES string of the molecule is CC.CO.O=C1/C(=C/c2ccncc2)Cc2ccccc21. The molecule has 0 fully saturated rings. The molecule has 0 spiro atoms. The molecule has 110 valence electrons. The number of carbonyl (C=O) groups excluding carboxylic acids is 1. The number of Topliss-reactive ketones (excluding diaryl/α,β-unsaturated/α-hetero) is 1. The molecule has 1 N–H and O–H groups in total. The van der Waals surface area contributed by atoms with Crippen LogP contribution in [0.25, 0.3) is 6.08 Å². The fourth-order valence-electron chi connectivity index (χ4n) is 2.13. The van der Waals surface area contributed by atoms with Crippen molar-refractivity contribution in [3.8, 4) is 0 Å². The highest BCUT2D eigenvalue weighted by Gasteiger charge is 2.23. The third kappa shape index (κ3) is 4.10. The largest absolute Gasteiger partial charge is 0.400 e. The Morgan fingerprint density at radius 3 is 2.29 bits per heavy atom. The first-order valence-corrected chi connectivity index (χ1v) is 7.02. The number of hydrogen-bond acceptors (Lipinski definition) is 3. The summed E-state index contributed by atoms with van der Waals surface area (Å²) in [6.07, 6.45) is 6.15. The maximum absolute atomic E-state index is 12.1. The summed E-state index contributed by atoms with van der Waals surface area (Å²) in [5, 5.41) is 7.00. The Hall–Kier alpha value is -2.26. The number of aromatic nitrogens is 1. The third-order valence-electron chi connectivity index (χ3n) is 2.98. The maximum atomic E-state index is 12.1. The minimum atomic E-state index is 0.150. The summed E-state index contributed by atoms with van der Waals surface area (Å²) < 4.78 is 0. The van der Waals surface area contributed by atoms with E-state index in [1.165, 1.54) is 0 Å². The predicted molar refractivity (Wildman–Crippen MR) is 86.2 cm³/mol. The lowest BCUT2D eigenvalue weighted by Gasteiger charge is -1.95. The van der Waals surface area contributed by atoms with Crippen LogP contribution in [0, 0.1) is 0 Å². The number of benzene rings is 1. The molecule has 0 radical (unpaired) electrons. The van der Waals surface area contributed by atoms with Crippen LogP contribution in [0.5, 0.6) is 0 Å². The van der Waals surface area contributed by atoms with Gasteiger partial charge in [-0.15, -0.1) is 0 Å². The summed E-state index contributed by atoms with van der Waals surface area (Å²) in [7, 11) is 1.00. The highest BCUT2D eigenvalue weighted by Crippen LogP contribution is 2.27. The van der Waals surface area contributed by atoms with Gasteiger partial charge in [-0.3, -0.25) is 9.78 Å². The number of fused-ring (bicyclic) bond motifs is 1. The van der Waals surface area contributed by atoms with Gasteiger partial charge in [-0.1, -0.05) is 38.1 Å². The highest BCUT2D eigenvalue weighted by atomic mass is 16.2. The second-order valence-electron chi connectivity index (χ2n) is 4.11. The second kappa shape index (κ2) is 8.82. The number of ketones is 1. The van der Waals surface area contributed by atoms with Crippen molar-refractivity contribution in [3.05, 3.63) is 71.1 Å². The molecule has 1 heterocycles. The number of allylic oxidation sites excluding steroid dienone is 1. The molecule has 0 unspecified atom stereocenters. The molecule has 0 aliphatic heterocycles. The lowest BCUT2D eigenvalue weighted by molar-refractivity contribution is 0.104. The van der Waals surface area contributed by atoms with Gasteiger partial charge in [0.2, 0.25) is 0 Å². The molecule has 1 aliphatic carbocycles. The molecule has 0 amide bonds. The van der Waals surface area contributed by atoms with Crippen LogP contribution in [0.3, 0.4) is 0 Å². The van der Waals surface area contributed by atoms with Crippen LogP contribution in [0.4, 0.5) is 0 Å². The Labute approximate surface area is 126 Å². The van der Waals surface area contributed by atoms with Crippen LogP contribution in [0.15, 0.2) is 54.4 Å². The van der Waals surface area contributed by atoms with E-state index in [4.69, 9.17) is 5.11 Å². The zero-order valence-electron chi connectivity index (χ0n) is 12.7. The van der Waals surface area contributed by atoms with Crippen LogP contribution in [-0.2, 0) is 6.42 Å². The van der Waals surface area contributed by atoms with Gasteiger partial charge in [-0.05, 0) is 29.3 Å². The van der Waals surface area contributed by atoms with Crippen LogP contribution < -0.4 is 0 Å². The number of rotatable bonds is 1. The number of pyridine rings is 1. The van der Waals surface area contributed by atoms with E-state index in [0.717, 1.165) is 35.8 Å². The van der Waals surface area contributed by atoms with Crippen LogP contribution in [0.1, 0.15) is 35.3 Å². The van der Waals surface area contributed by atoms with E-state index in [1.807, 2.05) is 56.3 Å². The normalized spacial score (nSPS) is 13.7. The van der Waals surface area contributed by atoms with Crippen LogP contribution >= 0.6 is 0 Å². The van der Waals surface area contributed by atoms with E-state index in [2.05, 4.69) is 4.98 Å².